The van der Waals surface area contributed by atoms with Crippen LogP contribution >= 0.6 is 15.9 Å². The summed E-state index contributed by atoms with van der Waals surface area (Å²) in [6.07, 6.45) is 2.33. The van der Waals surface area contributed by atoms with E-state index in [1.54, 1.807) is 0 Å². The van der Waals surface area contributed by atoms with Gasteiger partial charge in [0, 0.05) is 17.1 Å². The molecule has 0 amide bonds. The van der Waals surface area contributed by atoms with Gasteiger partial charge in [-0.05, 0) is 36.0 Å². The average Bonchev–Trinajstić information content (AvgIpc) is 2.32. The molecule has 0 aliphatic heterocycles. The van der Waals surface area contributed by atoms with Crippen molar-refractivity contribution in [1.82, 2.24) is 5.32 Å². The second kappa shape index (κ2) is 6.55. The summed E-state index contributed by atoms with van der Waals surface area (Å²) in [5, 5.41) is 3.68. The Morgan fingerprint density at radius 3 is 2.24 bits per heavy atom. The Morgan fingerprint density at radius 1 is 1.18 bits per heavy atom. The summed E-state index contributed by atoms with van der Waals surface area (Å²) in [5.74, 6) is 0. The van der Waals surface area contributed by atoms with Gasteiger partial charge in [-0.1, -0.05) is 55.8 Å². The Balaban J connectivity index is 2.63. The summed E-state index contributed by atoms with van der Waals surface area (Å²) in [7, 11) is 0. The molecular weight excluding hydrogens is 274 g/mol. The van der Waals surface area contributed by atoms with Crippen LogP contribution in [0.25, 0.3) is 0 Å². The molecule has 1 nitrogen and oxygen atoms in total. The number of hydrogen-bond donors (Lipinski definition) is 1. The molecule has 0 aromatic heterocycles. The third kappa shape index (κ3) is 4.81. The van der Waals surface area contributed by atoms with Crippen molar-refractivity contribution in [2.24, 2.45) is 5.41 Å². The maximum absolute atomic E-state index is 3.68. The largest absolute Gasteiger partial charge is 0.309 e. The molecule has 1 aromatic carbocycles. The Labute approximate surface area is 114 Å². The first-order chi connectivity index (χ1) is 7.98. The van der Waals surface area contributed by atoms with E-state index in [2.05, 4.69) is 73.2 Å². The van der Waals surface area contributed by atoms with Gasteiger partial charge in [0.15, 0.2) is 0 Å². The number of hydrogen-bond acceptors (Lipinski definition) is 1. The lowest BCUT2D eigenvalue weighted by atomic mass is 9.89. The van der Waals surface area contributed by atoms with Crippen LogP contribution in [0.3, 0.4) is 0 Å². The molecule has 0 saturated carbocycles. The van der Waals surface area contributed by atoms with Crippen molar-refractivity contribution >= 4 is 15.9 Å². The van der Waals surface area contributed by atoms with E-state index < -0.39 is 0 Å². The Bertz CT molecular complexity index is 329. The van der Waals surface area contributed by atoms with Crippen LogP contribution in [0.4, 0.5) is 0 Å². The zero-order chi connectivity index (χ0) is 12.9. The van der Waals surface area contributed by atoms with Crippen LogP contribution < -0.4 is 5.32 Å². The maximum Gasteiger partial charge on any atom is 0.0317 e. The van der Waals surface area contributed by atoms with Crippen molar-refractivity contribution in [1.29, 1.82) is 0 Å². The van der Waals surface area contributed by atoms with E-state index in [4.69, 9.17) is 0 Å². The van der Waals surface area contributed by atoms with E-state index >= 15 is 0 Å². The van der Waals surface area contributed by atoms with E-state index in [1.807, 2.05) is 0 Å². The van der Waals surface area contributed by atoms with E-state index in [-0.39, 0.29) is 0 Å². The SMILES string of the molecule is CCC(NCC(C)(C)CC)c1ccc(Br)cc1. The fourth-order valence-electron chi connectivity index (χ4n) is 1.72. The van der Waals surface area contributed by atoms with Crippen molar-refractivity contribution in [3.05, 3.63) is 34.3 Å². The van der Waals surface area contributed by atoms with Gasteiger partial charge >= 0.3 is 0 Å². The van der Waals surface area contributed by atoms with Crippen molar-refractivity contribution in [3.63, 3.8) is 0 Å². The normalized spacial score (nSPS) is 13.7. The zero-order valence-corrected chi connectivity index (χ0v) is 13.0. The van der Waals surface area contributed by atoms with Gasteiger partial charge in [-0.2, -0.15) is 0 Å². The monoisotopic (exact) mass is 297 g/mol. The highest BCUT2D eigenvalue weighted by Gasteiger charge is 2.17. The van der Waals surface area contributed by atoms with Gasteiger partial charge < -0.3 is 5.32 Å². The van der Waals surface area contributed by atoms with Crippen molar-refractivity contribution in [2.75, 3.05) is 6.54 Å². The molecule has 1 aromatic rings. The van der Waals surface area contributed by atoms with Crippen LogP contribution in [0.2, 0.25) is 0 Å². The van der Waals surface area contributed by atoms with Crippen LogP contribution in [0.1, 0.15) is 52.1 Å². The highest BCUT2D eigenvalue weighted by atomic mass is 79.9. The first kappa shape index (κ1) is 14.7. The number of nitrogens with one attached hydrogen (secondary N) is 1. The van der Waals surface area contributed by atoms with Crippen LogP contribution in [-0.2, 0) is 0 Å². The zero-order valence-electron chi connectivity index (χ0n) is 11.4. The maximum atomic E-state index is 3.68. The predicted octanol–water partition coefficient (Wildman–Crippen LogP) is 4.93. The molecule has 0 saturated heterocycles. The Morgan fingerprint density at radius 2 is 1.76 bits per heavy atom. The number of benzene rings is 1. The summed E-state index contributed by atoms with van der Waals surface area (Å²) >= 11 is 3.48. The first-order valence-electron chi connectivity index (χ1n) is 6.47. The predicted molar refractivity (Wildman–Crippen MR) is 79.2 cm³/mol. The lowest BCUT2D eigenvalue weighted by Gasteiger charge is -2.27. The highest BCUT2D eigenvalue weighted by molar-refractivity contribution is 9.10. The molecule has 1 atom stereocenters. The van der Waals surface area contributed by atoms with Crippen LogP contribution in [0, 0.1) is 5.41 Å². The number of halogens is 1. The van der Waals surface area contributed by atoms with Gasteiger partial charge in [-0.15, -0.1) is 0 Å². The van der Waals surface area contributed by atoms with Crippen LogP contribution in [0.5, 0.6) is 0 Å². The van der Waals surface area contributed by atoms with E-state index in [0.29, 0.717) is 11.5 Å². The summed E-state index contributed by atoms with van der Waals surface area (Å²) in [6.45, 7) is 10.2. The first-order valence-corrected chi connectivity index (χ1v) is 7.26. The minimum absolute atomic E-state index is 0.378. The van der Waals surface area contributed by atoms with Crippen LogP contribution in [-0.4, -0.2) is 6.54 Å². The molecular formula is C15H24BrN. The van der Waals surface area contributed by atoms with Crippen molar-refractivity contribution in [3.8, 4) is 0 Å². The topological polar surface area (TPSA) is 12.0 Å². The lowest BCUT2D eigenvalue weighted by molar-refractivity contribution is 0.307. The Kier molecular flexibility index (Phi) is 5.68. The minimum atomic E-state index is 0.378. The van der Waals surface area contributed by atoms with Gasteiger partial charge in [-0.3, -0.25) is 0 Å². The molecule has 2 heteroatoms. The third-order valence-electron chi connectivity index (χ3n) is 3.46. The Hall–Kier alpha value is -0.340. The fourth-order valence-corrected chi connectivity index (χ4v) is 1.98. The summed E-state index contributed by atoms with van der Waals surface area (Å²) in [4.78, 5) is 0. The van der Waals surface area contributed by atoms with Crippen LogP contribution in [0.15, 0.2) is 28.7 Å². The second-order valence-corrected chi connectivity index (χ2v) is 6.33. The quantitative estimate of drug-likeness (QED) is 0.785. The van der Waals surface area contributed by atoms with E-state index in [1.165, 1.54) is 12.0 Å². The summed E-state index contributed by atoms with van der Waals surface area (Å²) in [5.41, 5.74) is 1.76. The average molecular weight is 298 g/mol. The molecule has 1 N–H and O–H groups in total. The molecule has 96 valence electrons. The smallest absolute Gasteiger partial charge is 0.0317 e. The molecule has 0 bridgehead atoms. The lowest BCUT2D eigenvalue weighted by Crippen LogP contribution is -2.31. The summed E-state index contributed by atoms with van der Waals surface area (Å²) in [6, 6.07) is 9.10. The van der Waals surface area contributed by atoms with Crippen molar-refractivity contribution in [2.45, 2.75) is 46.6 Å². The molecule has 0 fully saturated rings. The molecule has 17 heavy (non-hydrogen) atoms. The van der Waals surface area contributed by atoms with Gasteiger partial charge in [0.2, 0.25) is 0 Å². The van der Waals surface area contributed by atoms with Gasteiger partial charge in [-0.25, -0.2) is 0 Å². The fraction of sp³-hybridized carbons (Fsp3) is 0.600. The van der Waals surface area contributed by atoms with E-state index in [9.17, 15) is 0 Å². The second-order valence-electron chi connectivity index (χ2n) is 5.41. The third-order valence-corrected chi connectivity index (χ3v) is 3.99. The standard InChI is InChI=1S/C15H24BrN/c1-5-14(17-11-15(3,4)6-2)12-7-9-13(16)10-8-12/h7-10,14,17H,5-6,11H2,1-4H3. The van der Waals surface area contributed by atoms with Gasteiger partial charge in [0.05, 0.1) is 0 Å². The molecule has 1 unspecified atom stereocenters. The molecule has 0 spiro atoms. The number of rotatable bonds is 6. The van der Waals surface area contributed by atoms with E-state index in [0.717, 1.165) is 17.4 Å². The molecule has 0 aliphatic carbocycles. The molecule has 0 radical (unpaired) electrons. The molecule has 0 aliphatic rings. The summed E-state index contributed by atoms with van der Waals surface area (Å²) < 4.78 is 1.14. The van der Waals surface area contributed by atoms with Gasteiger partial charge in [0.1, 0.15) is 0 Å². The minimum Gasteiger partial charge on any atom is -0.309 e. The van der Waals surface area contributed by atoms with Gasteiger partial charge in [0.25, 0.3) is 0 Å². The van der Waals surface area contributed by atoms with Crippen molar-refractivity contribution < 1.29 is 0 Å². The highest BCUT2D eigenvalue weighted by Crippen LogP contribution is 2.23. The molecule has 0 heterocycles. The molecule has 1 rings (SSSR count).